The normalized spacial score (nSPS) is 17.8. The average Bonchev–Trinajstić information content (AvgIpc) is 2.86. The van der Waals surface area contributed by atoms with Crippen LogP contribution in [0.5, 0.6) is 0 Å². The van der Waals surface area contributed by atoms with Gasteiger partial charge in [-0.15, -0.1) is 0 Å². The van der Waals surface area contributed by atoms with E-state index in [1.54, 1.807) is 0 Å². The van der Waals surface area contributed by atoms with Crippen LogP contribution in [0.1, 0.15) is 40.9 Å². The van der Waals surface area contributed by atoms with Gasteiger partial charge in [-0.05, 0) is 45.5 Å². The molecule has 2 N–H and O–H groups in total. The number of aliphatic hydroxyl groups is 1. The molecule has 0 aliphatic carbocycles. The average molecular weight is 307 g/mol. The Kier molecular flexibility index (Phi) is 6.61. The summed E-state index contributed by atoms with van der Waals surface area (Å²) >= 11 is 0. The number of likely N-dealkylation sites (tertiary alicyclic amines) is 1. The summed E-state index contributed by atoms with van der Waals surface area (Å²) in [6.45, 7) is 6.45. The number of aryl methyl sites for hydroxylation is 1. The van der Waals surface area contributed by atoms with Crippen molar-refractivity contribution in [3.8, 4) is 0 Å². The van der Waals surface area contributed by atoms with Gasteiger partial charge in [-0.2, -0.15) is 0 Å². The quantitative estimate of drug-likeness (QED) is 0.714. The standard InChI is InChI=1S/C17H29N3O2/c1-14-10-18-17(16(14)13-21)6-9-19(2)11-15(22)12-20-7-4-3-5-8-20/h10,13,15,18,22H,3-9,11-12H2,1-2H3. The number of nitrogens with one attached hydrogen (secondary N) is 1. The molecule has 1 fully saturated rings. The van der Waals surface area contributed by atoms with Crippen molar-refractivity contribution in [2.45, 2.75) is 38.7 Å². The Morgan fingerprint density at radius 1 is 1.41 bits per heavy atom. The summed E-state index contributed by atoms with van der Waals surface area (Å²) in [5.74, 6) is 0. The lowest BCUT2D eigenvalue weighted by atomic mass is 10.1. The number of piperidine rings is 1. The highest BCUT2D eigenvalue weighted by atomic mass is 16.3. The number of aliphatic hydroxyl groups excluding tert-OH is 1. The van der Waals surface area contributed by atoms with Crippen LogP contribution in [0.4, 0.5) is 0 Å². The number of H-pyrrole nitrogens is 1. The van der Waals surface area contributed by atoms with Crippen LogP contribution >= 0.6 is 0 Å². The van der Waals surface area contributed by atoms with Gasteiger partial charge in [-0.25, -0.2) is 0 Å². The van der Waals surface area contributed by atoms with Gasteiger partial charge in [0, 0.05) is 43.5 Å². The van der Waals surface area contributed by atoms with Gasteiger partial charge < -0.3 is 19.9 Å². The highest BCUT2D eigenvalue weighted by Gasteiger charge is 2.16. The Bertz CT molecular complexity index is 466. The van der Waals surface area contributed by atoms with Crippen molar-refractivity contribution in [3.63, 3.8) is 0 Å². The van der Waals surface area contributed by atoms with E-state index in [2.05, 4.69) is 14.8 Å². The molecule has 1 atom stereocenters. The molecule has 1 aromatic heterocycles. The van der Waals surface area contributed by atoms with Crippen molar-refractivity contribution in [3.05, 3.63) is 23.0 Å². The number of carbonyl (C=O) groups excluding carboxylic acids is 1. The zero-order chi connectivity index (χ0) is 15.9. The van der Waals surface area contributed by atoms with E-state index in [1.165, 1.54) is 19.3 Å². The van der Waals surface area contributed by atoms with Gasteiger partial charge in [-0.1, -0.05) is 6.42 Å². The van der Waals surface area contributed by atoms with Crippen LogP contribution in [0.25, 0.3) is 0 Å². The van der Waals surface area contributed by atoms with Gasteiger partial charge in [0.25, 0.3) is 0 Å². The number of nitrogens with zero attached hydrogens (tertiary/aromatic N) is 2. The Balaban J connectivity index is 1.72. The highest BCUT2D eigenvalue weighted by molar-refractivity contribution is 5.79. The molecule has 1 saturated heterocycles. The van der Waals surface area contributed by atoms with Gasteiger partial charge in [-0.3, -0.25) is 4.79 Å². The molecule has 0 bridgehead atoms. The SMILES string of the molecule is Cc1c[nH]c(CCN(C)CC(O)CN2CCCCC2)c1C=O. The van der Waals surface area contributed by atoms with Crippen molar-refractivity contribution in [1.82, 2.24) is 14.8 Å². The number of likely N-dealkylation sites (N-methyl/N-ethyl adjacent to an activating group) is 1. The fraction of sp³-hybridized carbons (Fsp3) is 0.706. The second-order valence-electron chi connectivity index (χ2n) is 6.51. The molecule has 0 saturated carbocycles. The van der Waals surface area contributed by atoms with E-state index in [0.29, 0.717) is 6.54 Å². The summed E-state index contributed by atoms with van der Waals surface area (Å²) in [4.78, 5) is 18.7. The molecule has 5 heteroatoms. The van der Waals surface area contributed by atoms with Crippen LogP contribution in [0.15, 0.2) is 6.20 Å². The number of β-amino-alcohol motifs (C(OH)–C–C–N with tert-alkyl or cyclic N) is 1. The number of hydrogen-bond donors (Lipinski definition) is 2. The molecule has 1 unspecified atom stereocenters. The summed E-state index contributed by atoms with van der Waals surface area (Å²) in [5.41, 5.74) is 2.77. The van der Waals surface area contributed by atoms with Gasteiger partial charge in [0.05, 0.1) is 6.10 Å². The minimum absolute atomic E-state index is 0.306. The molecule has 2 heterocycles. The molecule has 0 spiro atoms. The largest absolute Gasteiger partial charge is 0.390 e. The monoisotopic (exact) mass is 307 g/mol. The van der Waals surface area contributed by atoms with E-state index < -0.39 is 0 Å². The van der Waals surface area contributed by atoms with E-state index >= 15 is 0 Å². The van der Waals surface area contributed by atoms with E-state index in [0.717, 1.165) is 55.7 Å². The molecular weight excluding hydrogens is 278 g/mol. The zero-order valence-corrected chi connectivity index (χ0v) is 13.8. The van der Waals surface area contributed by atoms with Crippen molar-refractivity contribution in [2.75, 3.05) is 39.8 Å². The lowest BCUT2D eigenvalue weighted by Crippen LogP contribution is -2.41. The first-order valence-electron chi connectivity index (χ1n) is 8.31. The van der Waals surface area contributed by atoms with Gasteiger partial charge in [0.1, 0.15) is 0 Å². The summed E-state index contributed by atoms with van der Waals surface area (Å²) in [6, 6.07) is 0. The fourth-order valence-corrected chi connectivity index (χ4v) is 3.21. The second-order valence-corrected chi connectivity index (χ2v) is 6.51. The Morgan fingerprint density at radius 3 is 2.82 bits per heavy atom. The van der Waals surface area contributed by atoms with Crippen molar-refractivity contribution >= 4 is 6.29 Å². The van der Waals surface area contributed by atoms with Crippen LogP contribution < -0.4 is 0 Å². The van der Waals surface area contributed by atoms with Crippen LogP contribution in [0.3, 0.4) is 0 Å². The molecule has 5 nitrogen and oxygen atoms in total. The molecule has 0 aromatic carbocycles. The summed E-state index contributed by atoms with van der Waals surface area (Å²) in [5, 5.41) is 10.2. The lowest BCUT2D eigenvalue weighted by Gasteiger charge is -2.30. The first-order chi connectivity index (χ1) is 10.6. The summed E-state index contributed by atoms with van der Waals surface area (Å²) < 4.78 is 0. The number of hydrogen-bond acceptors (Lipinski definition) is 4. The molecular formula is C17H29N3O2. The minimum Gasteiger partial charge on any atom is -0.390 e. The van der Waals surface area contributed by atoms with Crippen LogP contribution in [0.2, 0.25) is 0 Å². The maximum Gasteiger partial charge on any atom is 0.152 e. The third-order valence-corrected chi connectivity index (χ3v) is 4.51. The summed E-state index contributed by atoms with van der Waals surface area (Å²) in [6.07, 6.45) is 7.12. The molecule has 0 amide bonds. The lowest BCUT2D eigenvalue weighted by molar-refractivity contribution is 0.0744. The van der Waals surface area contributed by atoms with Crippen molar-refractivity contribution in [2.24, 2.45) is 0 Å². The molecule has 2 rings (SSSR count). The van der Waals surface area contributed by atoms with Gasteiger partial charge in [0.15, 0.2) is 6.29 Å². The number of carbonyl (C=O) groups is 1. The Hall–Kier alpha value is -1.17. The third-order valence-electron chi connectivity index (χ3n) is 4.51. The molecule has 1 aliphatic rings. The number of aldehydes is 1. The third kappa shape index (κ3) is 4.93. The van der Waals surface area contributed by atoms with Crippen LogP contribution in [-0.4, -0.2) is 72.1 Å². The molecule has 22 heavy (non-hydrogen) atoms. The van der Waals surface area contributed by atoms with Crippen molar-refractivity contribution in [1.29, 1.82) is 0 Å². The number of rotatable bonds is 8. The summed E-state index contributed by atoms with van der Waals surface area (Å²) in [7, 11) is 2.02. The smallest absolute Gasteiger partial charge is 0.152 e. The molecule has 1 aromatic rings. The number of aromatic amines is 1. The van der Waals surface area contributed by atoms with E-state index in [1.807, 2.05) is 20.2 Å². The zero-order valence-electron chi connectivity index (χ0n) is 13.8. The first-order valence-corrected chi connectivity index (χ1v) is 8.31. The van der Waals surface area contributed by atoms with E-state index in [9.17, 15) is 9.90 Å². The predicted octanol–water partition coefficient (Wildman–Crippen LogP) is 1.46. The minimum atomic E-state index is -0.306. The first kappa shape index (κ1) is 17.2. The molecule has 124 valence electrons. The maximum atomic E-state index is 11.1. The predicted molar refractivity (Wildman–Crippen MR) is 88.4 cm³/mol. The fourth-order valence-electron chi connectivity index (χ4n) is 3.21. The Labute approximate surface area is 133 Å². The second kappa shape index (κ2) is 8.46. The van der Waals surface area contributed by atoms with Crippen molar-refractivity contribution < 1.29 is 9.90 Å². The van der Waals surface area contributed by atoms with Gasteiger partial charge in [0.2, 0.25) is 0 Å². The van der Waals surface area contributed by atoms with Crippen LogP contribution in [0, 0.1) is 6.92 Å². The Morgan fingerprint density at radius 2 is 2.14 bits per heavy atom. The number of aromatic nitrogens is 1. The molecule has 0 radical (unpaired) electrons. The maximum absolute atomic E-state index is 11.1. The van der Waals surface area contributed by atoms with Crippen LogP contribution in [-0.2, 0) is 6.42 Å². The topological polar surface area (TPSA) is 59.6 Å². The van der Waals surface area contributed by atoms with E-state index in [-0.39, 0.29) is 6.10 Å². The highest BCUT2D eigenvalue weighted by Crippen LogP contribution is 2.12. The van der Waals surface area contributed by atoms with E-state index in [4.69, 9.17) is 0 Å². The molecule has 1 aliphatic heterocycles. The van der Waals surface area contributed by atoms with Gasteiger partial charge >= 0.3 is 0 Å².